The summed E-state index contributed by atoms with van der Waals surface area (Å²) in [6.07, 6.45) is 1.35. The standard InChI is InChI=1S/C26H25N3O8S/c1-5-36-19-13-17(29(33)34)11-16(23(19)30)12-20-24(31)28-22(15-7-9-18(35-4)10-8-15)21(25(32)37-6-2)14(3)27-26(28)38-20/h7-13,22,30H,5-6H2,1-4H3/b20-12-/t22-/m0/s1. The van der Waals surface area contributed by atoms with Gasteiger partial charge in [-0.05, 0) is 44.5 Å². The van der Waals surface area contributed by atoms with Crippen molar-refractivity contribution in [1.82, 2.24) is 4.57 Å². The molecular formula is C26H25N3O8S. The van der Waals surface area contributed by atoms with Crippen molar-refractivity contribution in [2.75, 3.05) is 20.3 Å². The van der Waals surface area contributed by atoms with Crippen LogP contribution in [0.1, 0.15) is 37.9 Å². The summed E-state index contributed by atoms with van der Waals surface area (Å²) >= 11 is 1.03. The van der Waals surface area contributed by atoms with Crippen LogP contribution in [0.25, 0.3) is 6.08 Å². The van der Waals surface area contributed by atoms with Crippen LogP contribution in [0.3, 0.4) is 0 Å². The zero-order chi connectivity index (χ0) is 27.6. The van der Waals surface area contributed by atoms with Gasteiger partial charge < -0.3 is 19.3 Å². The number of ether oxygens (including phenoxy) is 3. The maximum Gasteiger partial charge on any atom is 0.338 e. The highest BCUT2D eigenvalue weighted by atomic mass is 32.1. The van der Waals surface area contributed by atoms with Crippen molar-refractivity contribution in [3.8, 4) is 17.2 Å². The predicted octanol–water partition coefficient (Wildman–Crippen LogP) is 2.82. The molecule has 2 heterocycles. The van der Waals surface area contributed by atoms with Crippen molar-refractivity contribution < 1.29 is 29.0 Å². The van der Waals surface area contributed by atoms with Crippen LogP contribution in [0.2, 0.25) is 0 Å². The molecule has 0 saturated carbocycles. The molecule has 0 fully saturated rings. The lowest BCUT2D eigenvalue weighted by atomic mass is 9.96. The Morgan fingerprint density at radius 1 is 1.24 bits per heavy atom. The summed E-state index contributed by atoms with van der Waals surface area (Å²) in [7, 11) is 1.53. The molecule has 198 valence electrons. The fourth-order valence-electron chi connectivity index (χ4n) is 4.13. The maximum absolute atomic E-state index is 13.7. The number of nitro groups is 1. The largest absolute Gasteiger partial charge is 0.504 e. The molecule has 0 amide bonds. The smallest absolute Gasteiger partial charge is 0.338 e. The van der Waals surface area contributed by atoms with Crippen LogP contribution in [0.5, 0.6) is 17.2 Å². The first-order chi connectivity index (χ1) is 18.2. The van der Waals surface area contributed by atoms with Gasteiger partial charge in [0.25, 0.3) is 11.2 Å². The van der Waals surface area contributed by atoms with Gasteiger partial charge in [-0.2, -0.15) is 0 Å². The van der Waals surface area contributed by atoms with Gasteiger partial charge in [-0.15, -0.1) is 0 Å². The van der Waals surface area contributed by atoms with Crippen molar-refractivity contribution >= 4 is 29.1 Å². The van der Waals surface area contributed by atoms with E-state index in [0.717, 1.165) is 23.5 Å². The number of esters is 1. The SMILES string of the molecule is CCOC(=O)C1=C(C)N=c2s/c(=C\c3cc([N+](=O)[O-])cc(OCC)c3O)c(=O)n2[C@H]1c1ccc(OC)cc1. The molecule has 1 atom stereocenters. The highest BCUT2D eigenvalue weighted by Crippen LogP contribution is 2.35. The summed E-state index contributed by atoms with van der Waals surface area (Å²) in [6, 6.07) is 8.39. The van der Waals surface area contributed by atoms with E-state index in [4.69, 9.17) is 14.2 Å². The third-order valence-electron chi connectivity index (χ3n) is 5.84. The van der Waals surface area contributed by atoms with E-state index in [0.29, 0.717) is 21.8 Å². The summed E-state index contributed by atoms with van der Waals surface area (Å²) in [4.78, 5) is 42.4. The summed E-state index contributed by atoms with van der Waals surface area (Å²) < 4.78 is 17.4. The van der Waals surface area contributed by atoms with E-state index in [1.807, 2.05) is 0 Å². The molecule has 0 radical (unpaired) electrons. The van der Waals surface area contributed by atoms with E-state index in [2.05, 4.69) is 4.99 Å². The van der Waals surface area contributed by atoms with Gasteiger partial charge in [-0.25, -0.2) is 9.79 Å². The number of carbonyl (C=O) groups is 1. The number of nitro benzene ring substituents is 1. The molecule has 0 aliphatic carbocycles. The number of nitrogens with zero attached hydrogens (tertiary/aromatic N) is 3. The topological polar surface area (TPSA) is 142 Å². The summed E-state index contributed by atoms with van der Waals surface area (Å²) in [5, 5.41) is 22.1. The number of allylic oxidation sites excluding steroid dienone is 1. The van der Waals surface area contributed by atoms with E-state index in [1.165, 1.54) is 17.8 Å². The lowest BCUT2D eigenvalue weighted by Crippen LogP contribution is -2.39. The number of rotatable bonds is 8. The van der Waals surface area contributed by atoms with E-state index in [1.54, 1.807) is 45.0 Å². The fourth-order valence-corrected chi connectivity index (χ4v) is 5.17. The Bertz CT molecular complexity index is 1620. The molecule has 11 nitrogen and oxygen atoms in total. The zero-order valence-corrected chi connectivity index (χ0v) is 21.9. The second-order valence-corrected chi connectivity index (χ2v) is 9.16. The van der Waals surface area contributed by atoms with E-state index >= 15 is 0 Å². The highest BCUT2D eigenvalue weighted by molar-refractivity contribution is 7.07. The molecule has 4 rings (SSSR count). The van der Waals surface area contributed by atoms with Gasteiger partial charge in [0, 0.05) is 11.6 Å². The zero-order valence-electron chi connectivity index (χ0n) is 21.1. The van der Waals surface area contributed by atoms with Crippen LogP contribution in [-0.4, -0.2) is 40.9 Å². The van der Waals surface area contributed by atoms with Crippen molar-refractivity contribution in [2.24, 2.45) is 4.99 Å². The van der Waals surface area contributed by atoms with E-state index in [9.17, 15) is 24.8 Å². The monoisotopic (exact) mass is 539 g/mol. The molecule has 0 bridgehead atoms. The fraction of sp³-hybridized carbons (Fsp3) is 0.269. The third-order valence-corrected chi connectivity index (χ3v) is 6.82. The predicted molar refractivity (Wildman–Crippen MR) is 139 cm³/mol. The quantitative estimate of drug-likeness (QED) is 0.262. The van der Waals surface area contributed by atoms with Crippen LogP contribution < -0.4 is 24.4 Å². The molecule has 0 spiro atoms. The van der Waals surface area contributed by atoms with Gasteiger partial charge in [0.05, 0.1) is 53.2 Å². The number of methoxy groups -OCH3 is 1. The Balaban J connectivity index is 1.96. The van der Waals surface area contributed by atoms with Gasteiger partial charge in [0.15, 0.2) is 16.3 Å². The van der Waals surface area contributed by atoms with E-state index in [-0.39, 0.29) is 46.1 Å². The first-order valence-corrected chi connectivity index (χ1v) is 12.5. The number of thiazole rings is 1. The molecule has 1 aliphatic rings. The number of phenolic OH excluding ortho intramolecular Hbond substituents is 1. The van der Waals surface area contributed by atoms with Crippen LogP contribution in [0, 0.1) is 10.1 Å². The number of aromatic hydroxyl groups is 1. The first-order valence-electron chi connectivity index (χ1n) is 11.7. The van der Waals surface area contributed by atoms with E-state index < -0.39 is 22.5 Å². The van der Waals surface area contributed by atoms with Crippen molar-refractivity contribution in [3.05, 3.63) is 88.6 Å². The Labute approximate surface area is 220 Å². The maximum atomic E-state index is 13.7. The van der Waals surface area contributed by atoms with Crippen LogP contribution in [0.15, 0.2) is 57.5 Å². The third kappa shape index (κ3) is 4.90. The van der Waals surface area contributed by atoms with Gasteiger partial charge in [-0.3, -0.25) is 19.5 Å². The molecule has 3 aromatic rings. The number of hydrogen-bond acceptors (Lipinski definition) is 10. The molecule has 0 unspecified atom stereocenters. The summed E-state index contributed by atoms with van der Waals surface area (Å²) in [6.45, 7) is 5.35. The summed E-state index contributed by atoms with van der Waals surface area (Å²) in [5.74, 6) is -0.400. The minimum atomic E-state index is -0.837. The first kappa shape index (κ1) is 26.6. The van der Waals surface area contributed by atoms with Crippen molar-refractivity contribution in [2.45, 2.75) is 26.8 Å². The van der Waals surface area contributed by atoms with Crippen LogP contribution in [0.4, 0.5) is 5.69 Å². The van der Waals surface area contributed by atoms with Crippen molar-refractivity contribution in [3.63, 3.8) is 0 Å². The number of carbonyl (C=O) groups excluding carboxylic acids is 1. The van der Waals surface area contributed by atoms with Gasteiger partial charge in [-0.1, -0.05) is 23.5 Å². The Morgan fingerprint density at radius 3 is 2.55 bits per heavy atom. The molecule has 38 heavy (non-hydrogen) atoms. The number of hydrogen-bond donors (Lipinski definition) is 1. The Kier molecular flexibility index (Phi) is 7.62. The second kappa shape index (κ2) is 10.9. The molecular weight excluding hydrogens is 514 g/mol. The minimum absolute atomic E-state index is 0.0373. The minimum Gasteiger partial charge on any atom is -0.504 e. The molecule has 0 saturated heterocycles. The van der Waals surface area contributed by atoms with Gasteiger partial charge in [0.2, 0.25) is 0 Å². The second-order valence-electron chi connectivity index (χ2n) is 8.15. The average molecular weight is 540 g/mol. The van der Waals surface area contributed by atoms with Gasteiger partial charge >= 0.3 is 5.97 Å². The average Bonchev–Trinajstić information content (AvgIpc) is 3.19. The normalized spacial score (nSPS) is 15.1. The number of fused-ring (bicyclic) bond motifs is 1. The van der Waals surface area contributed by atoms with Crippen LogP contribution >= 0.6 is 11.3 Å². The lowest BCUT2D eigenvalue weighted by Gasteiger charge is -2.24. The number of non-ortho nitro benzene ring substituents is 1. The lowest BCUT2D eigenvalue weighted by molar-refractivity contribution is -0.385. The molecule has 1 aliphatic heterocycles. The summed E-state index contributed by atoms with van der Waals surface area (Å²) in [5.41, 5.74) is 0.485. The number of aromatic nitrogens is 1. The van der Waals surface area contributed by atoms with Gasteiger partial charge in [0.1, 0.15) is 5.75 Å². The molecule has 2 aromatic carbocycles. The Hall–Kier alpha value is -4.45. The van der Waals surface area contributed by atoms with Crippen molar-refractivity contribution in [1.29, 1.82) is 0 Å². The molecule has 12 heteroatoms. The van der Waals surface area contributed by atoms with Crippen LogP contribution in [-0.2, 0) is 9.53 Å². The number of benzene rings is 2. The molecule has 1 aromatic heterocycles. The number of phenols is 1. The Morgan fingerprint density at radius 2 is 1.95 bits per heavy atom. The molecule has 1 N–H and O–H groups in total. The highest BCUT2D eigenvalue weighted by Gasteiger charge is 2.33.